The van der Waals surface area contributed by atoms with Crippen LogP contribution in [0.2, 0.25) is 0 Å². The average molecular weight is 363 g/mol. The molecule has 0 bridgehead atoms. The van der Waals surface area contributed by atoms with Crippen molar-refractivity contribution >= 4 is 17.7 Å². The Kier molecular flexibility index (Phi) is 8.61. The molecule has 3 amide bonds. The van der Waals surface area contributed by atoms with Crippen LogP contribution >= 0.6 is 0 Å². The van der Waals surface area contributed by atoms with Crippen molar-refractivity contribution < 1.29 is 19.1 Å². The maximum Gasteiger partial charge on any atom is 0.269 e. The summed E-state index contributed by atoms with van der Waals surface area (Å²) in [7, 11) is 0. The fraction of sp³-hybridized carbons (Fsp3) is 0.526. The second-order valence-electron chi connectivity index (χ2n) is 6.79. The third kappa shape index (κ3) is 7.13. The van der Waals surface area contributed by atoms with Gasteiger partial charge in [-0.15, -0.1) is 0 Å². The van der Waals surface area contributed by atoms with Crippen molar-refractivity contribution in [3.63, 3.8) is 0 Å². The number of hydrazine groups is 1. The lowest BCUT2D eigenvalue weighted by Crippen LogP contribution is -2.54. The number of nitrogens with one attached hydrogen (secondary N) is 3. The Labute approximate surface area is 154 Å². The van der Waals surface area contributed by atoms with Gasteiger partial charge in [0.1, 0.15) is 11.8 Å². The molecule has 144 valence electrons. The molecule has 1 rings (SSSR count). The molecule has 0 aromatic heterocycles. The lowest BCUT2D eigenvalue weighted by molar-refractivity contribution is -0.130. The summed E-state index contributed by atoms with van der Waals surface area (Å²) in [6.45, 7) is 9.94. The summed E-state index contributed by atoms with van der Waals surface area (Å²) in [4.78, 5) is 36.4. The van der Waals surface area contributed by atoms with Crippen LogP contribution in [0.3, 0.4) is 0 Å². The number of amides is 3. The Morgan fingerprint density at radius 1 is 1.00 bits per heavy atom. The monoisotopic (exact) mass is 363 g/mol. The zero-order valence-corrected chi connectivity index (χ0v) is 16.1. The SMILES string of the molecule is CCOc1ccc(C(=O)NNC(=O)C(NC(=O)CC(C)C)C(C)C)cc1. The molecule has 1 atom stereocenters. The van der Waals surface area contributed by atoms with Gasteiger partial charge in [-0.3, -0.25) is 25.2 Å². The maximum atomic E-state index is 12.3. The average Bonchev–Trinajstić information content (AvgIpc) is 2.57. The Balaban J connectivity index is 2.60. The zero-order chi connectivity index (χ0) is 19.7. The van der Waals surface area contributed by atoms with E-state index < -0.39 is 17.9 Å². The number of rotatable bonds is 8. The van der Waals surface area contributed by atoms with Crippen LogP contribution in [0.25, 0.3) is 0 Å². The predicted octanol–water partition coefficient (Wildman–Crippen LogP) is 2.03. The van der Waals surface area contributed by atoms with Gasteiger partial charge in [-0.2, -0.15) is 0 Å². The summed E-state index contributed by atoms with van der Waals surface area (Å²) in [5.41, 5.74) is 5.13. The number of carbonyl (C=O) groups is 3. The second kappa shape index (κ2) is 10.4. The molecule has 3 N–H and O–H groups in total. The maximum absolute atomic E-state index is 12.3. The molecule has 0 fully saturated rings. The summed E-state index contributed by atoms with van der Waals surface area (Å²) in [5.74, 6) is -0.347. The van der Waals surface area contributed by atoms with Crippen LogP contribution in [-0.2, 0) is 9.59 Å². The molecule has 7 nitrogen and oxygen atoms in total. The van der Waals surface area contributed by atoms with Crippen molar-refractivity contribution in [2.75, 3.05) is 6.61 Å². The van der Waals surface area contributed by atoms with Gasteiger partial charge in [0.25, 0.3) is 11.8 Å². The molecule has 0 aliphatic heterocycles. The van der Waals surface area contributed by atoms with Gasteiger partial charge in [0.2, 0.25) is 5.91 Å². The van der Waals surface area contributed by atoms with Crippen LogP contribution in [0.1, 0.15) is 51.4 Å². The van der Waals surface area contributed by atoms with E-state index in [0.29, 0.717) is 24.3 Å². The predicted molar refractivity (Wildman–Crippen MR) is 99.4 cm³/mol. The van der Waals surface area contributed by atoms with E-state index in [0.717, 1.165) is 0 Å². The summed E-state index contributed by atoms with van der Waals surface area (Å²) in [6.07, 6.45) is 0.342. The van der Waals surface area contributed by atoms with E-state index in [2.05, 4.69) is 16.2 Å². The van der Waals surface area contributed by atoms with Gasteiger partial charge in [-0.25, -0.2) is 0 Å². The minimum absolute atomic E-state index is 0.117. The Morgan fingerprint density at radius 2 is 1.62 bits per heavy atom. The van der Waals surface area contributed by atoms with E-state index in [1.807, 2.05) is 34.6 Å². The fourth-order valence-electron chi connectivity index (χ4n) is 2.28. The van der Waals surface area contributed by atoms with Gasteiger partial charge >= 0.3 is 0 Å². The molecule has 0 saturated heterocycles. The van der Waals surface area contributed by atoms with Gasteiger partial charge in [0.05, 0.1) is 6.61 Å². The van der Waals surface area contributed by atoms with Crippen molar-refractivity contribution in [2.45, 2.75) is 47.1 Å². The molecule has 26 heavy (non-hydrogen) atoms. The summed E-state index contributed by atoms with van der Waals surface area (Å²) >= 11 is 0. The molecule has 1 unspecified atom stereocenters. The van der Waals surface area contributed by atoms with Crippen LogP contribution in [-0.4, -0.2) is 30.4 Å². The molecule has 1 aromatic carbocycles. The molecule has 0 saturated carbocycles. The lowest BCUT2D eigenvalue weighted by atomic mass is 10.0. The highest BCUT2D eigenvalue weighted by Crippen LogP contribution is 2.11. The largest absolute Gasteiger partial charge is 0.494 e. The van der Waals surface area contributed by atoms with Crippen LogP contribution < -0.4 is 20.9 Å². The van der Waals surface area contributed by atoms with Crippen molar-refractivity contribution in [2.24, 2.45) is 11.8 Å². The Hall–Kier alpha value is -2.57. The zero-order valence-electron chi connectivity index (χ0n) is 16.1. The first-order valence-corrected chi connectivity index (χ1v) is 8.87. The second-order valence-corrected chi connectivity index (χ2v) is 6.79. The quantitative estimate of drug-likeness (QED) is 0.616. The van der Waals surface area contributed by atoms with E-state index in [9.17, 15) is 14.4 Å². The van der Waals surface area contributed by atoms with Crippen LogP contribution in [0.4, 0.5) is 0 Å². The number of ether oxygens (including phenoxy) is 1. The first-order valence-electron chi connectivity index (χ1n) is 8.87. The lowest BCUT2D eigenvalue weighted by Gasteiger charge is -2.22. The van der Waals surface area contributed by atoms with Crippen LogP contribution in [0, 0.1) is 11.8 Å². The highest BCUT2D eigenvalue weighted by atomic mass is 16.5. The highest BCUT2D eigenvalue weighted by Gasteiger charge is 2.24. The summed E-state index contributed by atoms with van der Waals surface area (Å²) in [5, 5.41) is 2.71. The standard InChI is InChI=1S/C19H29N3O4/c1-6-26-15-9-7-14(8-10-15)18(24)21-22-19(25)17(13(4)5)20-16(23)11-12(2)3/h7-10,12-13,17H,6,11H2,1-5H3,(H,20,23)(H,21,24)(H,22,25). The third-order valence-electron chi connectivity index (χ3n) is 3.59. The van der Waals surface area contributed by atoms with E-state index in [4.69, 9.17) is 4.74 Å². The van der Waals surface area contributed by atoms with Crippen molar-refractivity contribution in [1.29, 1.82) is 0 Å². The van der Waals surface area contributed by atoms with Crippen molar-refractivity contribution in [3.05, 3.63) is 29.8 Å². The molecule has 0 spiro atoms. The van der Waals surface area contributed by atoms with Crippen molar-refractivity contribution in [1.82, 2.24) is 16.2 Å². The minimum atomic E-state index is -0.720. The Bertz CT molecular complexity index is 612. The number of benzene rings is 1. The minimum Gasteiger partial charge on any atom is -0.494 e. The van der Waals surface area contributed by atoms with Gasteiger partial charge < -0.3 is 10.1 Å². The first-order chi connectivity index (χ1) is 12.2. The number of hydrogen-bond donors (Lipinski definition) is 3. The molecule has 0 aliphatic rings. The topological polar surface area (TPSA) is 96.5 Å². The molecule has 7 heteroatoms. The van der Waals surface area contributed by atoms with Gasteiger partial charge in [-0.05, 0) is 43.0 Å². The molecule has 0 heterocycles. The normalized spacial score (nSPS) is 11.8. The third-order valence-corrected chi connectivity index (χ3v) is 3.59. The van der Waals surface area contributed by atoms with Crippen LogP contribution in [0.15, 0.2) is 24.3 Å². The first kappa shape index (κ1) is 21.5. The summed E-state index contributed by atoms with van der Waals surface area (Å²) in [6, 6.07) is 5.86. The van der Waals surface area contributed by atoms with Gasteiger partial charge in [0.15, 0.2) is 0 Å². The fourth-order valence-corrected chi connectivity index (χ4v) is 2.28. The number of hydrogen-bond acceptors (Lipinski definition) is 4. The molecule has 0 radical (unpaired) electrons. The van der Waals surface area contributed by atoms with Crippen LogP contribution in [0.5, 0.6) is 5.75 Å². The smallest absolute Gasteiger partial charge is 0.269 e. The molecular formula is C19H29N3O4. The van der Waals surface area contributed by atoms with Crippen molar-refractivity contribution in [3.8, 4) is 5.75 Å². The van der Waals surface area contributed by atoms with E-state index >= 15 is 0 Å². The van der Waals surface area contributed by atoms with E-state index in [1.165, 1.54) is 0 Å². The molecule has 0 aliphatic carbocycles. The Morgan fingerprint density at radius 3 is 2.12 bits per heavy atom. The molecule has 1 aromatic rings. The summed E-state index contributed by atoms with van der Waals surface area (Å²) < 4.78 is 5.32. The van der Waals surface area contributed by atoms with E-state index in [-0.39, 0.29) is 17.7 Å². The molecular weight excluding hydrogens is 334 g/mol. The number of carbonyl (C=O) groups excluding carboxylic acids is 3. The van der Waals surface area contributed by atoms with Gasteiger partial charge in [0, 0.05) is 12.0 Å². The van der Waals surface area contributed by atoms with Gasteiger partial charge in [-0.1, -0.05) is 27.7 Å². The highest BCUT2D eigenvalue weighted by molar-refractivity contribution is 5.96. The van der Waals surface area contributed by atoms with E-state index in [1.54, 1.807) is 24.3 Å².